The summed E-state index contributed by atoms with van der Waals surface area (Å²) in [6.45, 7) is 1.16. The number of phenols is 4. The van der Waals surface area contributed by atoms with Crippen LogP contribution in [-0.4, -0.2) is 84.2 Å². The van der Waals surface area contributed by atoms with E-state index in [0.717, 1.165) is 34.2 Å². The summed E-state index contributed by atoms with van der Waals surface area (Å²) >= 11 is 2.86. The first-order chi connectivity index (χ1) is 36.8. The van der Waals surface area contributed by atoms with Gasteiger partial charge in [-0.25, -0.2) is 0 Å². The Morgan fingerprint density at radius 1 is 0.500 bits per heavy atom. The molecule has 1 aromatic heterocycles. The van der Waals surface area contributed by atoms with Gasteiger partial charge in [0.25, 0.3) is 0 Å². The Morgan fingerprint density at radius 2 is 0.947 bits per heavy atom. The molecule has 0 radical (unpaired) electrons. The van der Waals surface area contributed by atoms with Crippen LogP contribution in [0.4, 0.5) is 5.00 Å². The van der Waals surface area contributed by atoms with E-state index in [1.54, 1.807) is 66.7 Å². The quantitative estimate of drug-likeness (QED) is 0.0751. The van der Waals surface area contributed by atoms with Gasteiger partial charge in [-0.3, -0.25) is 19.2 Å². The molecule has 3 unspecified atom stereocenters. The average molecular weight is 1060 g/mol. The van der Waals surface area contributed by atoms with E-state index in [1.807, 2.05) is 36.4 Å². The van der Waals surface area contributed by atoms with Gasteiger partial charge < -0.3 is 49.2 Å². The zero-order valence-corrected chi connectivity index (χ0v) is 43.9. The number of allylic oxidation sites excluding steroid dienone is 1. The molecule has 14 nitrogen and oxygen atoms in total. The molecular weight excluding hydrogens is 1000 g/mol. The lowest BCUT2D eigenvalue weighted by atomic mass is 9.89. The van der Waals surface area contributed by atoms with Crippen molar-refractivity contribution in [1.82, 2.24) is 4.90 Å². The Labute approximate surface area is 448 Å². The molecule has 0 spiro atoms. The average Bonchev–Trinajstić information content (AvgIpc) is 3.45. The Balaban J connectivity index is 0.000000186. The molecule has 0 aliphatic carbocycles. The SMILES string of the molecule is COc1cc(-c2cc(=O)c3c(s2)N(CCc2ccccc2)C(c2ccc(O)c(OC)c2)CC3=O)ccc1O.COc1cc(C2CC(=O)C3=C(S2)N(CCc2ccccc2)C(c2ccc(O)c(OC)c2)CC3=O)ccc1O. The summed E-state index contributed by atoms with van der Waals surface area (Å²) in [5.74, 6) is 0.797. The zero-order valence-electron chi connectivity index (χ0n) is 42.2. The van der Waals surface area contributed by atoms with Crippen LogP contribution in [0.2, 0.25) is 0 Å². The number of hydrogen-bond donors (Lipinski definition) is 4. The summed E-state index contributed by atoms with van der Waals surface area (Å²) < 4.78 is 21.2. The fourth-order valence-electron chi connectivity index (χ4n) is 9.87. The summed E-state index contributed by atoms with van der Waals surface area (Å²) in [6.07, 6.45) is 1.91. The maximum Gasteiger partial charge on any atom is 0.193 e. The fourth-order valence-corrected chi connectivity index (χ4v) is 12.6. The van der Waals surface area contributed by atoms with E-state index in [-0.39, 0.29) is 93.5 Å². The number of phenolic OH excluding ortho intramolecular Hbond substituents is 4. The normalized spacial score (nSPS) is 17.1. The van der Waals surface area contributed by atoms with Crippen molar-refractivity contribution in [2.24, 2.45) is 0 Å². The van der Waals surface area contributed by atoms with Crippen molar-refractivity contribution in [3.8, 4) is 56.4 Å². The van der Waals surface area contributed by atoms with Crippen LogP contribution in [0.1, 0.15) is 74.8 Å². The number of ether oxygens (including phenoxy) is 4. The van der Waals surface area contributed by atoms with E-state index in [1.165, 1.54) is 63.7 Å². The van der Waals surface area contributed by atoms with Crippen molar-refractivity contribution in [3.05, 3.63) is 194 Å². The molecule has 390 valence electrons. The molecule has 3 aliphatic heterocycles. The number of nitrogens with zero attached hydrogens (tertiary/aromatic N) is 2. The smallest absolute Gasteiger partial charge is 0.193 e. The highest BCUT2D eigenvalue weighted by atomic mass is 32.2. The maximum absolute atomic E-state index is 13.4. The van der Waals surface area contributed by atoms with Gasteiger partial charge in [0.2, 0.25) is 0 Å². The zero-order chi connectivity index (χ0) is 53.6. The molecule has 4 N–H and O–H groups in total. The van der Waals surface area contributed by atoms with Crippen molar-refractivity contribution in [2.45, 2.75) is 49.4 Å². The molecule has 0 bridgehead atoms. The number of benzene rings is 6. The lowest BCUT2D eigenvalue weighted by Crippen LogP contribution is -2.40. The lowest BCUT2D eigenvalue weighted by Gasteiger charge is -2.42. The van der Waals surface area contributed by atoms with Crippen LogP contribution in [0, 0.1) is 0 Å². The minimum absolute atomic E-state index is 0.00237. The van der Waals surface area contributed by atoms with Gasteiger partial charge in [0.1, 0.15) is 5.00 Å². The van der Waals surface area contributed by atoms with Crippen molar-refractivity contribution in [3.63, 3.8) is 0 Å². The van der Waals surface area contributed by atoms with E-state index in [2.05, 4.69) is 34.1 Å². The second-order valence-electron chi connectivity index (χ2n) is 18.4. The number of anilines is 1. The van der Waals surface area contributed by atoms with E-state index in [9.17, 15) is 39.6 Å². The highest BCUT2D eigenvalue weighted by Gasteiger charge is 2.43. The molecule has 0 saturated heterocycles. The minimum Gasteiger partial charge on any atom is -0.504 e. The minimum atomic E-state index is -0.353. The number of carbonyl (C=O) groups is 3. The predicted octanol–water partition coefficient (Wildman–Crippen LogP) is 10.9. The second-order valence-corrected chi connectivity index (χ2v) is 20.6. The van der Waals surface area contributed by atoms with Crippen molar-refractivity contribution in [1.29, 1.82) is 0 Å². The van der Waals surface area contributed by atoms with Crippen molar-refractivity contribution < 1.29 is 53.8 Å². The summed E-state index contributed by atoms with van der Waals surface area (Å²) in [7, 11) is 5.93. The maximum atomic E-state index is 13.4. The highest BCUT2D eigenvalue weighted by molar-refractivity contribution is 8.03. The Bertz CT molecular complexity index is 3390. The highest BCUT2D eigenvalue weighted by Crippen LogP contribution is 2.52. The van der Waals surface area contributed by atoms with Gasteiger partial charge in [-0.05, 0) is 101 Å². The third-order valence-electron chi connectivity index (χ3n) is 13.8. The molecule has 10 rings (SSSR count). The number of thioether (sulfide) groups is 1. The molecular formula is C60H56N2O12S2. The van der Waals surface area contributed by atoms with Crippen LogP contribution in [0.3, 0.4) is 0 Å². The molecule has 3 atom stereocenters. The third-order valence-corrected chi connectivity index (χ3v) is 16.4. The number of hydrogen-bond acceptors (Lipinski definition) is 16. The molecule has 6 aromatic carbocycles. The number of carbonyl (C=O) groups excluding carboxylic acids is 3. The van der Waals surface area contributed by atoms with E-state index >= 15 is 0 Å². The first kappa shape index (κ1) is 52.6. The molecule has 0 fully saturated rings. The predicted molar refractivity (Wildman–Crippen MR) is 294 cm³/mol. The van der Waals surface area contributed by atoms with Crippen molar-refractivity contribution in [2.75, 3.05) is 46.4 Å². The Kier molecular flexibility index (Phi) is 16.0. The number of Topliss-reactive ketones (excluding diaryl/α,β-unsaturated/α-hetero) is 3. The van der Waals surface area contributed by atoms with Crippen molar-refractivity contribution >= 4 is 45.4 Å². The summed E-state index contributed by atoms with van der Waals surface area (Å²) in [5, 5.41) is 41.4. The number of aromatic hydroxyl groups is 4. The van der Waals surface area contributed by atoms with E-state index in [0.29, 0.717) is 63.0 Å². The van der Waals surface area contributed by atoms with Crippen LogP contribution in [0.5, 0.6) is 46.0 Å². The Hall–Kier alpha value is -8.21. The molecule has 16 heteroatoms. The monoisotopic (exact) mass is 1060 g/mol. The first-order valence-corrected chi connectivity index (χ1v) is 26.3. The van der Waals surface area contributed by atoms with Gasteiger partial charge in [-0.1, -0.05) is 90.6 Å². The number of ketones is 3. The van der Waals surface area contributed by atoms with Gasteiger partial charge >= 0.3 is 0 Å². The van der Waals surface area contributed by atoms with Crippen LogP contribution in [0.25, 0.3) is 10.4 Å². The molecule has 3 aliphatic rings. The summed E-state index contributed by atoms with van der Waals surface area (Å²) in [4.78, 5) is 58.4. The van der Waals surface area contributed by atoms with Gasteiger partial charge in [0, 0.05) is 48.5 Å². The summed E-state index contributed by atoms with van der Waals surface area (Å²) in [5.41, 5.74) is 5.60. The number of methoxy groups -OCH3 is 4. The fraction of sp³-hybridized carbons (Fsp3) is 0.233. The van der Waals surface area contributed by atoms with E-state index in [4.69, 9.17) is 18.9 Å². The first-order valence-electron chi connectivity index (χ1n) is 24.6. The van der Waals surface area contributed by atoms with Gasteiger partial charge in [-0.2, -0.15) is 0 Å². The standard InChI is InChI=1S/C30H29NO6S.C30H27NO6S/c2*1-36-26-14-19(8-10-22(26)32)21-16-24(34)29-25(35)17-28(20-9-11-23(33)27(15-20)37-2)38-30(29)31(21)13-12-18-6-4-3-5-7-18/h3-11,14-15,21,28,32-33H,12-13,16-17H2,1-2H3;3-11,14-15,17,21,32-33H,12-13,16H2,1-2H3. The molecule has 0 amide bonds. The summed E-state index contributed by atoms with van der Waals surface area (Å²) in [6, 6.07) is 41.2. The van der Waals surface area contributed by atoms with Gasteiger partial charge in [0.15, 0.2) is 68.8 Å². The van der Waals surface area contributed by atoms with Gasteiger partial charge in [-0.15, -0.1) is 11.3 Å². The van der Waals surface area contributed by atoms with E-state index < -0.39 is 0 Å². The third kappa shape index (κ3) is 11.1. The second kappa shape index (κ2) is 23.1. The van der Waals surface area contributed by atoms with Crippen LogP contribution >= 0.6 is 23.1 Å². The topological polar surface area (TPSA) is 193 Å². The largest absolute Gasteiger partial charge is 0.504 e. The molecule has 0 saturated carbocycles. The number of fused-ring (bicyclic) bond motifs is 1. The number of rotatable bonds is 14. The Morgan fingerprint density at radius 3 is 1.49 bits per heavy atom. The van der Waals surface area contributed by atoms with Crippen LogP contribution < -0.4 is 29.3 Å². The molecule has 7 aromatic rings. The van der Waals surface area contributed by atoms with Gasteiger partial charge in [0.05, 0.1) is 56.7 Å². The van der Waals surface area contributed by atoms with Crippen LogP contribution in [-0.2, 0) is 22.4 Å². The molecule has 76 heavy (non-hydrogen) atoms. The van der Waals surface area contributed by atoms with Crippen LogP contribution in [0.15, 0.2) is 155 Å². The molecule has 4 heterocycles. The lowest BCUT2D eigenvalue weighted by molar-refractivity contribution is -0.123.